The van der Waals surface area contributed by atoms with Crippen molar-refractivity contribution >= 4 is 5.91 Å². The van der Waals surface area contributed by atoms with E-state index in [0.29, 0.717) is 12.0 Å². The van der Waals surface area contributed by atoms with Gasteiger partial charge in [-0.2, -0.15) is 0 Å². The molecule has 0 spiro atoms. The number of rotatable bonds is 6. The molecule has 4 atom stereocenters. The monoisotopic (exact) mass is 300 g/mol. The number of nitrogens with one attached hydrogen (secondary N) is 1. The minimum absolute atomic E-state index is 0.0493. The zero-order valence-corrected chi connectivity index (χ0v) is 12.9. The van der Waals surface area contributed by atoms with Crippen molar-refractivity contribution in [2.24, 2.45) is 11.8 Å². The normalized spacial score (nSPS) is 29.8. The fourth-order valence-electron chi connectivity index (χ4n) is 3.61. The largest absolute Gasteiger partial charge is 0.484 e. The zero-order valence-electron chi connectivity index (χ0n) is 12.9. The lowest BCUT2D eigenvalue weighted by molar-refractivity contribution is -0.123. The van der Waals surface area contributed by atoms with E-state index in [0.717, 1.165) is 37.7 Å². The summed E-state index contributed by atoms with van der Waals surface area (Å²) in [6.07, 6.45) is 4.52. The Morgan fingerprint density at radius 2 is 2.23 bits per heavy atom. The molecule has 0 aliphatic carbocycles. The zero-order chi connectivity index (χ0) is 15.4. The van der Waals surface area contributed by atoms with Crippen molar-refractivity contribution in [1.82, 2.24) is 10.2 Å². The van der Waals surface area contributed by atoms with Gasteiger partial charge in [0.2, 0.25) is 0 Å². The summed E-state index contributed by atoms with van der Waals surface area (Å²) in [7, 11) is 0. The molecule has 4 rings (SSSR count). The maximum absolute atomic E-state index is 11.9. The first-order chi connectivity index (χ1) is 10.8. The molecule has 4 unspecified atom stereocenters. The standard InChI is InChI=1S/C18H24N2O2/c1-2-14-12-20-9-8-15(14)10-16(20)11-19-18(21)13-22-17-6-4-3-5-7-17/h2-7,14-16H,1,8-13H2,(H,19,21). The Bertz CT molecular complexity index is 517. The van der Waals surface area contributed by atoms with Gasteiger partial charge in [-0.15, -0.1) is 6.58 Å². The molecule has 3 heterocycles. The summed E-state index contributed by atoms with van der Waals surface area (Å²) in [5.74, 6) is 2.05. The van der Waals surface area contributed by atoms with E-state index in [9.17, 15) is 4.79 Å². The molecule has 3 saturated heterocycles. The van der Waals surface area contributed by atoms with Gasteiger partial charge in [0.1, 0.15) is 5.75 Å². The molecule has 4 nitrogen and oxygen atoms in total. The highest BCUT2D eigenvalue weighted by Gasteiger charge is 2.38. The molecule has 3 aliphatic rings. The molecule has 0 saturated carbocycles. The number of carbonyl (C=O) groups is 1. The van der Waals surface area contributed by atoms with E-state index in [-0.39, 0.29) is 12.5 Å². The van der Waals surface area contributed by atoms with Crippen molar-refractivity contribution in [3.63, 3.8) is 0 Å². The van der Waals surface area contributed by atoms with Crippen LogP contribution < -0.4 is 10.1 Å². The molecule has 3 aliphatic heterocycles. The molecule has 22 heavy (non-hydrogen) atoms. The van der Waals surface area contributed by atoms with Crippen LogP contribution in [0.25, 0.3) is 0 Å². The molecular formula is C18H24N2O2. The number of benzene rings is 1. The van der Waals surface area contributed by atoms with Gasteiger partial charge in [-0.05, 0) is 43.4 Å². The van der Waals surface area contributed by atoms with Crippen LogP contribution in [-0.4, -0.2) is 43.1 Å². The third-order valence-electron chi connectivity index (χ3n) is 4.88. The molecule has 0 radical (unpaired) electrons. The van der Waals surface area contributed by atoms with E-state index >= 15 is 0 Å². The van der Waals surface area contributed by atoms with Gasteiger partial charge in [0.15, 0.2) is 6.61 Å². The van der Waals surface area contributed by atoms with E-state index in [4.69, 9.17) is 4.74 Å². The van der Waals surface area contributed by atoms with Gasteiger partial charge < -0.3 is 10.1 Å². The predicted molar refractivity (Wildman–Crippen MR) is 86.7 cm³/mol. The average Bonchev–Trinajstić information content (AvgIpc) is 2.59. The topological polar surface area (TPSA) is 41.6 Å². The van der Waals surface area contributed by atoms with Crippen LogP contribution in [0.2, 0.25) is 0 Å². The van der Waals surface area contributed by atoms with Crippen molar-refractivity contribution in [1.29, 1.82) is 0 Å². The Labute approximate surface area is 132 Å². The summed E-state index contributed by atoms with van der Waals surface area (Å²) >= 11 is 0. The van der Waals surface area contributed by atoms with Crippen LogP contribution >= 0.6 is 0 Å². The molecule has 1 N–H and O–H groups in total. The number of para-hydroxylation sites is 1. The van der Waals surface area contributed by atoms with Gasteiger partial charge >= 0.3 is 0 Å². The second-order valence-electron chi connectivity index (χ2n) is 6.24. The third kappa shape index (κ3) is 3.50. The first kappa shape index (κ1) is 15.1. The number of piperidine rings is 3. The van der Waals surface area contributed by atoms with Crippen molar-refractivity contribution in [2.45, 2.75) is 18.9 Å². The second-order valence-corrected chi connectivity index (χ2v) is 6.24. The molecule has 1 amide bonds. The van der Waals surface area contributed by atoms with E-state index in [1.165, 1.54) is 6.42 Å². The predicted octanol–water partition coefficient (Wildman–Crippen LogP) is 2.08. The van der Waals surface area contributed by atoms with Crippen molar-refractivity contribution in [3.05, 3.63) is 43.0 Å². The highest BCUT2D eigenvalue weighted by atomic mass is 16.5. The van der Waals surface area contributed by atoms with E-state index in [1.807, 2.05) is 30.3 Å². The van der Waals surface area contributed by atoms with E-state index < -0.39 is 0 Å². The van der Waals surface area contributed by atoms with Crippen LogP contribution in [0, 0.1) is 11.8 Å². The van der Waals surface area contributed by atoms with Crippen molar-refractivity contribution in [3.8, 4) is 5.75 Å². The first-order valence-electron chi connectivity index (χ1n) is 8.07. The summed E-state index contributed by atoms with van der Waals surface area (Å²) in [6, 6.07) is 9.90. The summed E-state index contributed by atoms with van der Waals surface area (Å²) in [5, 5.41) is 3.01. The molecule has 118 valence electrons. The molecule has 3 fully saturated rings. The molecule has 2 bridgehead atoms. The number of hydrogen-bond acceptors (Lipinski definition) is 3. The lowest BCUT2D eigenvalue weighted by atomic mass is 9.75. The quantitative estimate of drug-likeness (QED) is 0.818. The summed E-state index contributed by atoms with van der Waals surface area (Å²) in [4.78, 5) is 14.4. The number of hydrogen-bond donors (Lipinski definition) is 1. The first-order valence-corrected chi connectivity index (χ1v) is 8.07. The third-order valence-corrected chi connectivity index (χ3v) is 4.88. The lowest BCUT2D eigenvalue weighted by Gasteiger charge is -2.49. The summed E-state index contributed by atoms with van der Waals surface area (Å²) in [6.45, 7) is 6.98. The smallest absolute Gasteiger partial charge is 0.257 e. The van der Waals surface area contributed by atoms with E-state index in [1.54, 1.807) is 0 Å². The number of ether oxygens (including phenoxy) is 1. The average molecular weight is 300 g/mol. The van der Waals surface area contributed by atoms with Crippen molar-refractivity contribution < 1.29 is 9.53 Å². The SMILES string of the molecule is C=CC1CN2CCC1CC2CNC(=O)COc1ccccc1. The fraction of sp³-hybridized carbons (Fsp3) is 0.500. The van der Waals surface area contributed by atoms with Crippen LogP contribution in [-0.2, 0) is 4.79 Å². The second kappa shape index (κ2) is 6.97. The van der Waals surface area contributed by atoms with Gasteiger partial charge in [0, 0.05) is 19.1 Å². The summed E-state index contributed by atoms with van der Waals surface area (Å²) in [5.41, 5.74) is 0. The minimum atomic E-state index is -0.0493. The summed E-state index contributed by atoms with van der Waals surface area (Å²) < 4.78 is 5.47. The Morgan fingerprint density at radius 3 is 2.91 bits per heavy atom. The molecule has 1 aromatic rings. The molecular weight excluding hydrogens is 276 g/mol. The highest BCUT2D eigenvalue weighted by molar-refractivity contribution is 5.77. The van der Waals surface area contributed by atoms with Gasteiger partial charge in [0.25, 0.3) is 5.91 Å². The Hall–Kier alpha value is -1.81. The number of carbonyl (C=O) groups excluding carboxylic acids is 1. The maximum Gasteiger partial charge on any atom is 0.257 e. The fourth-order valence-corrected chi connectivity index (χ4v) is 3.61. The highest BCUT2D eigenvalue weighted by Crippen LogP contribution is 2.36. The van der Waals surface area contributed by atoms with Crippen LogP contribution in [0.3, 0.4) is 0 Å². The number of amides is 1. The van der Waals surface area contributed by atoms with E-state index in [2.05, 4.69) is 22.9 Å². The van der Waals surface area contributed by atoms with Crippen LogP contribution in [0.5, 0.6) is 5.75 Å². The van der Waals surface area contributed by atoms with Gasteiger partial charge in [-0.3, -0.25) is 9.69 Å². The number of fused-ring (bicyclic) bond motifs is 3. The molecule has 4 heteroatoms. The van der Waals surface area contributed by atoms with Crippen molar-refractivity contribution in [2.75, 3.05) is 26.2 Å². The van der Waals surface area contributed by atoms with Crippen LogP contribution in [0.4, 0.5) is 0 Å². The Kier molecular flexibility index (Phi) is 4.78. The molecule has 0 aromatic heterocycles. The van der Waals surface area contributed by atoms with Gasteiger partial charge in [-0.25, -0.2) is 0 Å². The Balaban J connectivity index is 1.41. The lowest BCUT2D eigenvalue weighted by Crippen LogP contribution is -2.56. The van der Waals surface area contributed by atoms with Gasteiger partial charge in [0.05, 0.1) is 0 Å². The van der Waals surface area contributed by atoms with Crippen LogP contribution in [0.15, 0.2) is 43.0 Å². The molecule has 1 aromatic carbocycles. The van der Waals surface area contributed by atoms with Crippen LogP contribution in [0.1, 0.15) is 12.8 Å². The Morgan fingerprint density at radius 1 is 1.41 bits per heavy atom. The minimum Gasteiger partial charge on any atom is -0.484 e. The maximum atomic E-state index is 11.9. The number of nitrogens with zero attached hydrogens (tertiary/aromatic N) is 1. The van der Waals surface area contributed by atoms with Gasteiger partial charge in [-0.1, -0.05) is 24.3 Å².